The number of ether oxygens (including phenoxy) is 1. The molecule has 0 saturated heterocycles. The Morgan fingerprint density at radius 2 is 2.25 bits per heavy atom. The molecular weight excluding hydrogens is 346 g/mol. The van der Waals surface area contributed by atoms with Crippen LogP contribution in [0.3, 0.4) is 0 Å². The Balaban J connectivity index is 1.66. The highest BCUT2D eigenvalue weighted by Gasteiger charge is 2.38. The van der Waals surface area contributed by atoms with Gasteiger partial charge in [0.25, 0.3) is 5.89 Å². The summed E-state index contributed by atoms with van der Waals surface area (Å²) in [6.45, 7) is 0.171. The van der Waals surface area contributed by atoms with E-state index >= 15 is 0 Å². The van der Waals surface area contributed by atoms with Gasteiger partial charge in [0.15, 0.2) is 12.4 Å². The molecule has 0 amide bonds. The van der Waals surface area contributed by atoms with Crippen molar-refractivity contribution in [1.82, 2.24) is 10.1 Å². The summed E-state index contributed by atoms with van der Waals surface area (Å²) < 4.78 is 11.6. The minimum Gasteiger partial charge on any atom is -0.482 e. The van der Waals surface area contributed by atoms with Gasteiger partial charge in [0, 0.05) is 4.47 Å². The van der Waals surface area contributed by atoms with Gasteiger partial charge in [-0.05, 0) is 37.5 Å². The number of rotatable bonds is 4. The highest BCUT2D eigenvalue weighted by molar-refractivity contribution is 9.10. The van der Waals surface area contributed by atoms with E-state index in [2.05, 4.69) is 26.1 Å². The quantitative estimate of drug-likeness (QED) is 0.906. The molecule has 1 saturated carbocycles. The maximum atomic E-state index is 6.13. The number of hydrogen-bond donors (Lipinski definition) is 1. The molecule has 0 aliphatic heterocycles. The summed E-state index contributed by atoms with van der Waals surface area (Å²) in [4.78, 5) is 4.29. The highest BCUT2D eigenvalue weighted by atomic mass is 79.9. The molecule has 0 bridgehead atoms. The van der Waals surface area contributed by atoms with Gasteiger partial charge in [0.05, 0.1) is 10.6 Å². The summed E-state index contributed by atoms with van der Waals surface area (Å²) in [7, 11) is 0. The van der Waals surface area contributed by atoms with Crippen molar-refractivity contribution in [3.05, 3.63) is 39.4 Å². The Hall–Kier alpha value is -1.11. The number of halogens is 2. The summed E-state index contributed by atoms with van der Waals surface area (Å²) in [6, 6.07) is 5.39. The Morgan fingerprint density at radius 1 is 1.45 bits per heavy atom. The second-order valence-electron chi connectivity index (χ2n) is 4.88. The molecule has 1 aromatic carbocycles. The Kier molecular flexibility index (Phi) is 3.70. The van der Waals surface area contributed by atoms with Gasteiger partial charge < -0.3 is 15.0 Å². The second-order valence-corrected chi connectivity index (χ2v) is 6.21. The Labute approximate surface area is 129 Å². The molecule has 1 fully saturated rings. The normalized spacial score (nSPS) is 16.8. The number of benzene rings is 1. The molecule has 0 atom stereocenters. The van der Waals surface area contributed by atoms with E-state index in [0.29, 0.717) is 22.5 Å². The lowest BCUT2D eigenvalue weighted by molar-refractivity contribution is 0.223. The minimum absolute atomic E-state index is 0.171. The first kappa shape index (κ1) is 13.9. The van der Waals surface area contributed by atoms with Crippen LogP contribution in [0.25, 0.3) is 0 Å². The highest BCUT2D eigenvalue weighted by Crippen LogP contribution is 2.37. The predicted octanol–water partition coefficient (Wildman–Crippen LogP) is 3.40. The molecule has 7 heteroatoms. The fourth-order valence-corrected chi connectivity index (χ4v) is 2.76. The number of aromatic nitrogens is 2. The first-order chi connectivity index (χ1) is 9.57. The maximum Gasteiger partial charge on any atom is 0.264 e. The first-order valence-electron chi connectivity index (χ1n) is 6.27. The van der Waals surface area contributed by atoms with Crippen LogP contribution in [0.1, 0.15) is 31.0 Å². The largest absolute Gasteiger partial charge is 0.482 e. The zero-order chi connectivity index (χ0) is 14.2. The number of nitrogens with zero attached hydrogens (tertiary/aromatic N) is 2. The van der Waals surface area contributed by atoms with Gasteiger partial charge in [-0.1, -0.05) is 32.7 Å². The van der Waals surface area contributed by atoms with Gasteiger partial charge in [0.2, 0.25) is 0 Å². The lowest BCUT2D eigenvalue weighted by atomic mass is 9.77. The number of nitrogens with two attached hydrogens (primary N) is 1. The van der Waals surface area contributed by atoms with Crippen LogP contribution in [0.4, 0.5) is 0 Å². The predicted molar refractivity (Wildman–Crippen MR) is 77.5 cm³/mol. The van der Waals surface area contributed by atoms with Gasteiger partial charge in [0.1, 0.15) is 5.75 Å². The lowest BCUT2D eigenvalue weighted by Gasteiger charge is -2.34. The monoisotopic (exact) mass is 357 g/mol. The number of hydrogen-bond acceptors (Lipinski definition) is 5. The van der Waals surface area contributed by atoms with Crippen molar-refractivity contribution in [3.8, 4) is 5.75 Å². The second kappa shape index (κ2) is 5.35. The molecule has 106 valence electrons. The summed E-state index contributed by atoms with van der Waals surface area (Å²) in [5.74, 6) is 1.53. The average Bonchev–Trinajstić information content (AvgIpc) is 2.84. The van der Waals surface area contributed by atoms with Gasteiger partial charge in [-0.25, -0.2) is 0 Å². The minimum atomic E-state index is -0.420. The zero-order valence-corrected chi connectivity index (χ0v) is 12.9. The molecule has 1 aliphatic rings. The molecule has 2 aromatic rings. The van der Waals surface area contributed by atoms with E-state index in [1.54, 1.807) is 12.1 Å². The van der Waals surface area contributed by atoms with Crippen LogP contribution < -0.4 is 10.5 Å². The molecule has 1 heterocycles. The van der Waals surface area contributed by atoms with Crippen molar-refractivity contribution in [3.63, 3.8) is 0 Å². The molecule has 3 rings (SSSR count). The van der Waals surface area contributed by atoms with E-state index in [0.717, 1.165) is 23.7 Å². The summed E-state index contributed by atoms with van der Waals surface area (Å²) in [6.07, 6.45) is 2.89. The third-order valence-electron chi connectivity index (χ3n) is 3.40. The van der Waals surface area contributed by atoms with Crippen LogP contribution in [-0.2, 0) is 12.1 Å². The zero-order valence-electron chi connectivity index (χ0n) is 10.6. The van der Waals surface area contributed by atoms with Crippen molar-refractivity contribution in [2.24, 2.45) is 5.73 Å². The smallest absolute Gasteiger partial charge is 0.264 e. The average molecular weight is 359 g/mol. The molecule has 0 radical (unpaired) electrons. The fourth-order valence-electron chi connectivity index (χ4n) is 2.03. The van der Waals surface area contributed by atoms with E-state index in [4.69, 9.17) is 26.6 Å². The SMILES string of the molecule is NC1(c2noc(COc3ccc(Br)cc3Cl)n2)CCC1. The first-order valence-corrected chi connectivity index (χ1v) is 7.44. The topological polar surface area (TPSA) is 74.2 Å². The summed E-state index contributed by atoms with van der Waals surface area (Å²) in [5.41, 5.74) is 5.71. The molecule has 1 aromatic heterocycles. The van der Waals surface area contributed by atoms with Gasteiger partial charge in [-0.2, -0.15) is 4.98 Å². The van der Waals surface area contributed by atoms with Crippen molar-refractivity contribution >= 4 is 27.5 Å². The molecule has 0 unspecified atom stereocenters. The van der Waals surface area contributed by atoms with E-state index in [9.17, 15) is 0 Å². The van der Waals surface area contributed by atoms with Gasteiger partial charge >= 0.3 is 0 Å². The molecule has 20 heavy (non-hydrogen) atoms. The van der Waals surface area contributed by atoms with Crippen molar-refractivity contribution in [2.75, 3.05) is 0 Å². The summed E-state index contributed by atoms with van der Waals surface area (Å²) in [5, 5.41) is 4.45. The van der Waals surface area contributed by atoms with E-state index in [-0.39, 0.29) is 6.61 Å². The van der Waals surface area contributed by atoms with Crippen LogP contribution in [0.5, 0.6) is 5.75 Å². The Morgan fingerprint density at radius 3 is 2.90 bits per heavy atom. The van der Waals surface area contributed by atoms with Crippen LogP contribution in [-0.4, -0.2) is 10.1 Å². The van der Waals surface area contributed by atoms with Crippen molar-refractivity contribution in [2.45, 2.75) is 31.4 Å². The van der Waals surface area contributed by atoms with E-state index < -0.39 is 5.54 Å². The van der Waals surface area contributed by atoms with Crippen molar-refractivity contribution in [1.29, 1.82) is 0 Å². The molecule has 1 aliphatic carbocycles. The Bertz CT molecular complexity index is 628. The van der Waals surface area contributed by atoms with Crippen LogP contribution >= 0.6 is 27.5 Å². The van der Waals surface area contributed by atoms with E-state index in [1.165, 1.54) is 0 Å². The molecule has 0 spiro atoms. The van der Waals surface area contributed by atoms with E-state index in [1.807, 2.05) is 6.07 Å². The fraction of sp³-hybridized carbons (Fsp3) is 0.385. The van der Waals surface area contributed by atoms with Crippen LogP contribution in [0.15, 0.2) is 27.2 Å². The van der Waals surface area contributed by atoms with Crippen LogP contribution in [0, 0.1) is 0 Å². The summed E-state index contributed by atoms with van der Waals surface area (Å²) >= 11 is 9.40. The molecule has 5 nitrogen and oxygen atoms in total. The third kappa shape index (κ3) is 2.68. The van der Waals surface area contributed by atoms with Gasteiger partial charge in [-0.15, -0.1) is 0 Å². The molecule has 2 N–H and O–H groups in total. The van der Waals surface area contributed by atoms with Crippen LogP contribution in [0.2, 0.25) is 5.02 Å². The lowest BCUT2D eigenvalue weighted by Crippen LogP contribution is -2.44. The third-order valence-corrected chi connectivity index (χ3v) is 4.19. The van der Waals surface area contributed by atoms with Gasteiger partial charge in [-0.3, -0.25) is 0 Å². The van der Waals surface area contributed by atoms with Crippen molar-refractivity contribution < 1.29 is 9.26 Å². The molecular formula is C13H13BrClN3O2. The maximum absolute atomic E-state index is 6.13. The standard InChI is InChI=1S/C13H13BrClN3O2/c14-8-2-3-10(9(15)6-8)19-7-11-17-12(18-20-11)13(16)4-1-5-13/h2-3,6H,1,4-5,7,16H2.